The molecule has 2 aromatic carbocycles. The fraction of sp³-hybridized carbons (Fsp3) is 0.200. The first-order chi connectivity index (χ1) is 13.1. The summed E-state index contributed by atoms with van der Waals surface area (Å²) in [6, 6.07) is 13.4. The molecule has 0 aromatic heterocycles. The van der Waals surface area contributed by atoms with Crippen LogP contribution in [-0.4, -0.2) is 29.5 Å². The van der Waals surface area contributed by atoms with Gasteiger partial charge in [0.2, 0.25) is 6.79 Å². The van der Waals surface area contributed by atoms with Crippen molar-refractivity contribution in [3.63, 3.8) is 0 Å². The van der Waals surface area contributed by atoms with Crippen LogP contribution in [0, 0.1) is 0 Å². The summed E-state index contributed by atoms with van der Waals surface area (Å²) in [5, 5.41) is 2.84. The van der Waals surface area contributed by atoms with Crippen LogP contribution in [-0.2, 0) is 11.2 Å². The number of hydrogen-bond donors (Lipinski definition) is 1. The van der Waals surface area contributed by atoms with E-state index in [4.69, 9.17) is 9.47 Å². The summed E-state index contributed by atoms with van der Waals surface area (Å²) in [6.45, 7) is 2.42. The Hall–Kier alpha value is -2.93. The highest BCUT2D eigenvalue weighted by Gasteiger charge is 2.34. The summed E-state index contributed by atoms with van der Waals surface area (Å²) >= 11 is 0.938. The number of carbonyl (C=O) groups excluding carboxylic acids is 2. The Morgan fingerprint density at radius 3 is 2.67 bits per heavy atom. The van der Waals surface area contributed by atoms with Crippen molar-refractivity contribution in [3.8, 4) is 11.5 Å². The van der Waals surface area contributed by atoms with Crippen molar-refractivity contribution >= 4 is 34.7 Å². The van der Waals surface area contributed by atoms with Gasteiger partial charge in [0.1, 0.15) is 0 Å². The highest BCUT2D eigenvalue weighted by Crippen LogP contribution is 2.36. The lowest BCUT2D eigenvalue weighted by molar-refractivity contribution is -0.122. The van der Waals surface area contributed by atoms with Gasteiger partial charge in [-0.2, -0.15) is 0 Å². The molecular weight excluding hydrogens is 364 g/mol. The summed E-state index contributed by atoms with van der Waals surface area (Å²) in [5.74, 6) is 1.01. The van der Waals surface area contributed by atoms with Crippen molar-refractivity contribution < 1.29 is 19.1 Å². The number of anilines is 1. The summed E-state index contributed by atoms with van der Waals surface area (Å²) in [7, 11) is 0. The number of hydrogen-bond acceptors (Lipinski definition) is 6. The molecule has 0 saturated carbocycles. The van der Waals surface area contributed by atoms with E-state index in [-0.39, 0.29) is 24.6 Å². The molecule has 0 bridgehead atoms. The lowest BCUT2D eigenvalue weighted by Crippen LogP contribution is -2.33. The number of benzene rings is 2. The molecule has 0 aliphatic carbocycles. The predicted molar refractivity (Wildman–Crippen MR) is 105 cm³/mol. The van der Waals surface area contributed by atoms with Crippen molar-refractivity contribution in [2.75, 3.05) is 18.8 Å². The second-order valence-corrected chi connectivity index (χ2v) is 7.10. The summed E-state index contributed by atoms with van der Waals surface area (Å²) < 4.78 is 10.6. The molecule has 2 aliphatic heterocycles. The van der Waals surface area contributed by atoms with Crippen LogP contribution in [0.25, 0.3) is 6.08 Å². The quantitative estimate of drug-likeness (QED) is 0.786. The van der Waals surface area contributed by atoms with Gasteiger partial charge in [-0.1, -0.05) is 25.1 Å². The fourth-order valence-electron chi connectivity index (χ4n) is 2.82. The Morgan fingerprint density at radius 2 is 1.89 bits per heavy atom. The second-order valence-electron chi connectivity index (χ2n) is 6.11. The Kier molecular flexibility index (Phi) is 4.77. The molecule has 0 unspecified atom stereocenters. The van der Waals surface area contributed by atoms with E-state index in [1.807, 2.05) is 30.3 Å². The SMILES string of the molecule is CCc1ccc(NCN2C(=O)S/C(=C/c3ccc4c(c3)OCO4)C2=O)cc1. The van der Waals surface area contributed by atoms with Crippen molar-refractivity contribution in [2.45, 2.75) is 13.3 Å². The zero-order chi connectivity index (χ0) is 18.8. The Bertz CT molecular complexity index is 924. The van der Waals surface area contributed by atoms with Gasteiger partial charge in [0.25, 0.3) is 11.1 Å². The number of nitrogens with one attached hydrogen (secondary N) is 1. The molecule has 27 heavy (non-hydrogen) atoms. The van der Waals surface area contributed by atoms with E-state index in [0.29, 0.717) is 16.4 Å². The first kappa shape index (κ1) is 17.5. The highest BCUT2D eigenvalue weighted by molar-refractivity contribution is 8.18. The number of aryl methyl sites for hydroxylation is 1. The van der Waals surface area contributed by atoms with Crippen LogP contribution >= 0.6 is 11.8 Å². The van der Waals surface area contributed by atoms with Crippen LogP contribution in [0.2, 0.25) is 0 Å². The molecule has 6 nitrogen and oxygen atoms in total. The lowest BCUT2D eigenvalue weighted by atomic mass is 10.1. The normalized spacial score (nSPS) is 17.1. The van der Waals surface area contributed by atoms with Crippen LogP contribution in [0.5, 0.6) is 11.5 Å². The standard InChI is InChI=1S/C20H18N2O4S/c1-2-13-3-6-15(7-4-13)21-11-22-19(23)18(27-20(22)24)10-14-5-8-16-17(9-14)26-12-25-16/h3-10,21H,2,11-12H2,1H3/b18-10+. The third-order valence-corrected chi connectivity index (χ3v) is 5.28. The maximum Gasteiger partial charge on any atom is 0.295 e. The van der Waals surface area contributed by atoms with Crippen molar-refractivity contribution in [1.29, 1.82) is 0 Å². The average Bonchev–Trinajstić information content (AvgIpc) is 3.25. The third kappa shape index (κ3) is 3.64. The van der Waals surface area contributed by atoms with E-state index in [2.05, 4.69) is 12.2 Å². The number of amides is 2. The topological polar surface area (TPSA) is 67.9 Å². The largest absolute Gasteiger partial charge is 0.454 e. The van der Waals surface area contributed by atoms with E-state index in [1.165, 1.54) is 10.5 Å². The van der Waals surface area contributed by atoms with E-state index < -0.39 is 0 Å². The number of ether oxygens (including phenoxy) is 2. The molecule has 4 rings (SSSR count). The number of carbonyl (C=O) groups is 2. The number of imide groups is 1. The molecule has 0 atom stereocenters. The number of nitrogens with zero attached hydrogens (tertiary/aromatic N) is 1. The van der Waals surface area contributed by atoms with Gasteiger partial charge in [-0.05, 0) is 59.7 Å². The zero-order valence-corrected chi connectivity index (χ0v) is 15.5. The Morgan fingerprint density at radius 1 is 1.11 bits per heavy atom. The van der Waals surface area contributed by atoms with Crippen LogP contribution in [0.3, 0.4) is 0 Å². The smallest absolute Gasteiger partial charge is 0.295 e. The molecule has 2 amide bonds. The van der Waals surface area contributed by atoms with Gasteiger partial charge >= 0.3 is 0 Å². The molecule has 2 aliphatic rings. The Labute approximate surface area is 161 Å². The minimum absolute atomic E-state index is 0.134. The van der Waals surface area contributed by atoms with Crippen molar-refractivity contribution in [1.82, 2.24) is 4.90 Å². The van der Waals surface area contributed by atoms with E-state index in [0.717, 1.165) is 29.4 Å². The number of fused-ring (bicyclic) bond motifs is 1. The van der Waals surface area contributed by atoms with Gasteiger partial charge in [0.15, 0.2) is 11.5 Å². The lowest BCUT2D eigenvalue weighted by Gasteiger charge is -2.14. The minimum Gasteiger partial charge on any atom is -0.454 e. The van der Waals surface area contributed by atoms with E-state index in [9.17, 15) is 9.59 Å². The van der Waals surface area contributed by atoms with Crippen molar-refractivity contribution in [2.24, 2.45) is 0 Å². The summed E-state index contributed by atoms with van der Waals surface area (Å²) in [5.41, 5.74) is 2.89. The fourth-order valence-corrected chi connectivity index (χ4v) is 3.66. The second kappa shape index (κ2) is 7.36. The molecular formula is C20H18N2O4S. The monoisotopic (exact) mass is 382 g/mol. The van der Waals surface area contributed by atoms with E-state index in [1.54, 1.807) is 18.2 Å². The highest BCUT2D eigenvalue weighted by atomic mass is 32.2. The third-order valence-electron chi connectivity index (χ3n) is 4.37. The summed E-state index contributed by atoms with van der Waals surface area (Å²) in [6.07, 6.45) is 2.66. The molecule has 138 valence electrons. The van der Waals surface area contributed by atoms with E-state index >= 15 is 0 Å². The van der Waals surface area contributed by atoms with Gasteiger partial charge in [-0.25, -0.2) is 0 Å². The molecule has 1 N–H and O–H groups in total. The van der Waals surface area contributed by atoms with Crippen LogP contribution in [0.1, 0.15) is 18.1 Å². The first-order valence-electron chi connectivity index (χ1n) is 8.62. The maximum atomic E-state index is 12.6. The van der Waals surface area contributed by atoms with Crippen LogP contribution in [0.15, 0.2) is 47.4 Å². The number of rotatable bonds is 5. The van der Waals surface area contributed by atoms with Crippen LogP contribution in [0.4, 0.5) is 10.5 Å². The molecule has 1 fully saturated rings. The molecule has 1 saturated heterocycles. The predicted octanol–water partition coefficient (Wildman–Crippen LogP) is 4.08. The summed E-state index contributed by atoms with van der Waals surface area (Å²) in [4.78, 5) is 26.4. The van der Waals surface area contributed by atoms with Gasteiger partial charge in [0, 0.05) is 5.69 Å². The Balaban J connectivity index is 1.45. The van der Waals surface area contributed by atoms with Gasteiger partial charge in [-0.3, -0.25) is 14.5 Å². The molecule has 7 heteroatoms. The van der Waals surface area contributed by atoms with Gasteiger partial charge in [0.05, 0.1) is 11.6 Å². The molecule has 2 heterocycles. The molecule has 0 radical (unpaired) electrons. The van der Waals surface area contributed by atoms with Crippen molar-refractivity contribution in [3.05, 3.63) is 58.5 Å². The molecule has 2 aromatic rings. The zero-order valence-electron chi connectivity index (χ0n) is 14.7. The average molecular weight is 382 g/mol. The minimum atomic E-state index is -0.305. The maximum absolute atomic E-state index is 12.6. The molecule has 0 spiro atoms. The van der Waals surface area contributed by atoms with Gasteiger partial charge in [-0.15, -0.1) is 0 Å². The first-order valence-corrected chi connectivity index (χ1v) is 9.43. The van der Waals surface area contributed by atoms with Crippen LogP contribution < -0.4 is 14.8 Å². The number of thioether (sulfide) groups is 1. The van der Waals surface area contributed by atoms with Gasteiger partial charge < -0.3 is 14.8 Å².